The lowest BCUT2D eigenvalue weighted by Gasteiger charge is -2.58. The number of benzene rings is 1. The molecule has 110 valence electrons. The standard InChI is InChI=1S/C18H22N2O/c1-18(2)11-8-9-12(14(18)10-11)16-19-15-7-5-4-6-13(15)17(21)20(16)3/h4-7,9,11,14,16,19H,8,10H2,1-3H3/t11-,14+,16+/m0/s1. The fraction of sp³-hybridized carbons (Fsp3) is 0.500. The summed E-state index contributed by atoms with van der Waals surface area (Å²) in [6.45, 7) is 4.74. The first kappa shape index (κ1) is 12.9. The van der Waals surface area contributed by atoms with Gasteiger partial charge < -0.3 is 10.2 Å². The van der Waals surface area contributed by atoms with Crippen LogP contribution in [0.3, 0.4) is 0 Å². The molecule has 0 unspecified atom stereocenters. The summed E-state index contributed by atoms with van der Waals surface area (Å²) in [5.74, 6) is 1.55. The number of hydrogen-bond acceptors (Lipinski definition) is 2. The number of carbonyl (C=O) groups is 1. The van der Waals surface area contributed by atoms with Gasteiger partial charge in [-0.15, -0.1) is 0 Å². The average Bonchev–Trinajstić information content (AvgIpc) is 2.50. The normalized spacial score (nSPS) is 32.7. The molecule has 3 heteroatoms. The number of amides is 1. The SMILES string of the molecule is CN1C(=O)c2ccccc2N[C@H]1C1=CC[C@H]2C[C@H]1C2(C)C. The first-order valence-corrected chi connectivity index (χ1v) is 7.83. The maximum Gasteiger partial charge on any atom is 0.257 e. The molecule has 4 aliphatic rings. The van der Waals surface area contributed by atoms with E-state index < -0.39 is 0 Å². The summed E-state index contributed by atoms with van der Waals surface area (Å²) in [4.78, 5) is 14.5. The quantitative estimate of drug-likeness (QED) is 0.800. The minimum Gasteiger partial charge on any atom is -0.361 e. The number of likely N-dealkylation sites (N-methyl/N-ethyl adjacent to an activating group) is 1. The molecule has 21 heavy (non-hydrogen) atoms. The van der Waals surface area contributed by atoms with Crippen molar-refractivity contribution in [2.45, 2.75) is 32.9 Å². The van der Waals surface area contributed by atoms with Crippen LogP contribution in [-0.4, -0.2) is 24.0 Å². The van der Waals surface area contributed by atoms with E-state index in [9.17, 15) is 4.79 Å². The molecule has 1 aliphatic heterocycles. The van der Waals surface area contributed by atoms with Crippen molar-refractivity contribution in [3.8, 4) is 0 Å². The van der Waals surface area contributed by atoms with Gasteiger partial charge in [-0.1, -0.05) is 32.1 Å². The molecule has 3 atom stereocenters. The van der Waals surface area contributed by atoms with Gasteiger partial charge in [-0.2, -0.15) is 0 Å². The van der Waals surface area contributed by atoms with E-state index >= 15 is 0 Å². The van der Waals surface area contributed by atoms with Gasteiger partial charge in [0.15, 0.2) is 0 Å². The largest absolute Gasteiger partial charge is 0.361 e. The Labute approximate surface area is 126 Å². The van der Waals surface area contributed by atoms with Crippen molar-refractivity contribution in [2.24, 2.45) is 17.3 Å². The Morgan fingerprint density at radius 1 is 1.29 bits per heavy atom. The molecule has 1 amide bonds. The molecule has 0 radical (unpaired) electrons. The van der Waals surface area contributed by atoms with Gasteiger partial charge in [0.2, 0.25) is 0 Å². The molecular formula is C18H22N2O. The molecule has 2 bridgehead atoms. The van der Waals surface area contributed by atoms with Crippen LogP contribution in [-0.2, 0) is 0 Å². The molecule has 1 N–H and O–H groups in total. The molecule has 1 aromatic rings. The van der Waals surface area contributed by atoms with E-state index in [1.165, 1.54) is 12.0 Å². The number of nitrogens with zero attached hydrogens (tertiary/aromatic N) is 1. The second-order valence-corrected chi connectivity index (χ2v) is 7.25. The average molecular weight is 282 g/mol. The van der Waals surface area contributed by atoms with Gasteiger partial charge in [-0.3, -0.25) is 4.79 Å². The van der Waals surface area contributed by atoms with E-state index in [0.29, 0.717) is 11.3 Å². The van der Waals surface area contributed by atoms with Crippen LogP contribution in [0.15, 0.2) is 35.9 Å². The maximum absolute atomic E-state index is 12.6. The van der Waals surface area contributed by atoms with Gasteiger partial charge in [-0.25, -0.2) is 0 Å². The summed E-state index contributed by atoms with van der Waals surface area (Å²) >= 11 is 0. The van der Waals surface area contributed by atoms with E-state index in [-0.39, 0.29) is 12.1 Å². The van der Waals surface area contributed by atoms with Crippen LogP contribution in [0.1, 0.15) is 37.0 Å². The Kier molecular flexibility index (Phi) is 2.54. The number of para-hydroxylation sites is 1. The molecular weight excluding hydrogens is 260 g/mol. The zero-order valence-electron chi connectivity index (χ0n) is 12.9. The van der Waals surface area contributed by atoms with Gasteiger partial charge in [0.05, 0.1) is 5.56 Å². The highest BCUT2D eigenvalue weighted by Crippen LogP contribution is 2.60. The molecule has 1 fully saturated rings. The van der Waals surface area contributed by atoms with Crippen LogP contribution >= 0.6 is 0 Å². The molecule has 1 saturated carbocycles. The minimum absolute atomic E-state index is 0.0120. The molecule has 1 heterocycles. The van der Waals surface area contributed by atoms with Gasteiger partial charge >= 0.3 is 0 Å². The van der Waals surface area contributed by atoms with Gasteiger partial charge in [0.25, 0.3) is 5.91 Å². The summed E-state index contributed by atoms with van der Waals surface area (Å²) in [5, 5.41) is 3.58. The van der Waals surface area contributed by atoms with Gasteiger partial charge in [0, 0.05) is 12.7 Å². The maximum atomic E-state index is 12.6. The lowest BCUT2D eigenvalue weighted by molar-refractivity contribution is -0.0141. The molecule has 0 spiro atoms. The Hall–Kier alpha value is -1.77. The second-order valence-electron chi connectivity index (χ2n) is 7.25. The predicted octanol–water partition coefficient (Wildman–Crippen LogP) is 3.50. The Morgan fingerprint density at radius 3 is 2.76 bits per heavy atom. The van der Waals surface area contributed by atoms with Crippen molar-refractivity contribution in [1.29, 1.82) is 0 Å². The van der Waals surface area contributed by atoms with Crippen LogP contribution in [0.5, 0.6) is 0 Å². The highest BCUT2D eigenvalue weighted by atomic mass is 16.2. The number of anilines is 1. The zero-order valence-corrected chi connectivity index (χ0v) is 12.9. The first-order chi connectivity index (χ1) is 10.00. The van der Waals surface area contributed by atoms with Crippen molar-refractivity contribution in [3.05, 3.63) is 41.5 Å². The smallest absolute Gasteiger partial charge is 0.257 e. The Bertz CT molecular complexity index is 646. The third-order valence-corrected chi connectivity index (χ3v) is 5.98. The second kappa shape index (κ2) is 4.12. The van der Waals surface area contributed by atoms with E-state index in [4.69, 9.17) is 0 Å². The Balaban J connectivity index is 1.71. The van der Waals surface area contributed by atoms with Crippen molar-refractivity contribution in [2.75, 3.05) is 12.4 Å². The summed E-state index contributed by atoms with van der Waals surface area (Å²) in [6, 6.07) is 7.81. The van der Waals surface area contributed by atoms with Crippen LogP contribution in [0.4, 0.5) is 5.69 Å². The molecule has 5 rings (SSSR count). The number of carbonyl (C=O) groups excluding carboxylic acids is 1. The zero-order chi connectivity index (χ0) is 14.8. The lowest BCUT2D eigenvalue weighted by atomic mass is 9.48. The van der Waals surface area contributed by atoms with E-state index in [0.717, 1.165) is 23.6 Å². The minimum atomic E-state index is 0.0120. The third-order valence-electron chi connectivity index (χ3n) is 5.98. The van der Waals surface area contributed by atoms with Crippen molar-refractivity contribution in [1.82, 2.24) is 4.90 Å². The third kappa shape index (κ3) is 1.63. The van der Waals surface area contributed by atoms with Crippen molar-refractivity contribution < 1.29 is 4.79 Å². The monoisotopic (exact) mass is 282 g/mol. The fourth-order valence-corrected chi connectivity index (χ4v) is 4.36. The molecule has 3 aliphatic carbocycles. The number of fused-ring (bicyclic) bond motifs is 2. The lowest BCUT2D eigenvalue weighted by Crippen LogP contribution is -2.56. The summed E-state index contributed by atoms with van der Waals surface area (Å²) in [5.41, 5.74) is 3.53. The Morgan fingerprint density at radius 2 is 2.05 bits per heavy atom. The number of rotatable bonds is 1. The molecule has 3 nitrogen and oxygen atoms in total. The number of hydrogen-bond donors (Lipinski definition) is 1. The topological polar surface area (TPSA) is 32.3 Å². The summed E-state index contributed by atoms with van der Waals surface area (Å²) in [7, 11) is 1.91. The molecule has 1 aromatic carbocycles. The van der Waals surface area contributed by atoms with Gasteiger partial charge in [0.1, 0.15) is 6.17 Å². The van der Waals surface area contributed by atoms with Crippen molar-refractivity contribution >= 4 is 11.6 Å². The number of nitrogens with one attached hydrogen (secondary N) is 1. The van der Waals surface area contributed by atoms with Crippen LogP contribution in [0.25, 0.3) is 0 Å². The van der Waals surface area contributed by atoms with Crippen LogP contribution < -0.4 is 5.32 Å². The number of allylic oxidation sites excluding steroid dienone is 1. The van der Waals surface area contributed by atoms with Crippen molar-refractivity contribution in [3.63, 3.8) is 0 Å². The molecule has 0 aromatic heterocycles. The fourth-order valence-electron chi connectivity index (χ4n) is 4.36. The van der Waals surface area contributed by atoms with Gasteiger partial charge in [-0.05, 0) is 47.8 Å². The highest BCUT2D eigenvalue weighted by molar-refractivity contribution is 6.01. The van der Waals surface area contributed by atoms with Crippen LogP contribution in [0.2, 0.25) is 0 Å². The summed E-state index contributed by atoms with van der Waals surface area (Å²) in [6.07, 6.45) is 4.82. The highest BCUT2D eigenvalue weighted by Gasteiger charge is 2.53. The van der Waals surface area contributed by atoms with Crippen LogP contribution in [0, 0.1) is 17.3 Å². The molecule has 0 saturated heterocycles. The predicted molar refractivity (Wildman–Crippen MR) is 84.0 cm³/mol. The van der Waals surface area contributed by atoms with E-state index in [1.807, 2.05) is 36.2 Å². The first-order valence-electron chi connectivity index (χ1n) is 7.83. The van der Waals surface area contributed by atoms with E-state index in [1.54, 1.807) is 0 Å². The summed E-state index contributed by atoms with van der Waals surface area (Å²) < 4.78 is 0. The van der Waals surface area contributed by atoms with E-state index in [2.05, 4.69) is 25.2 Å².